The van der Waals surface area contributed by atoms with E-state index in [1.54, 1.807) is 6.08 Å². The zero-order valence-corrected chi connectivity index (χ0v) is 37.8. The number of aromatic nitrogens is 1. The van der Waals surface area contributed by atoms with Crippen LogP contribution in [0.1, 0.15) is 127 Å². The van der Waals surface area contributed by atoms with Crippen molar-refractivity contribution < 1.29 is 43.9 Å². The summed E-state index contributed by atoms with van der Waals surface area (Å²) >= 11 is 0. The molecule has 0 saturated heterocycles. The molecule has 2 saturated carbocycles. The van der Waals surface area contributed by atoms with E-state index < -0.39 is 23.3 Å². The molecule has 6 rings (SSSR count). The highest BCUT2D eigenvalue weighted by atomic mass is 16.7. The quantitative estimate of drug-likeness (QED) is 0.0535. The summed E-state index contributed by atoms with van der Waals surface area (Å²) in [4.78, 5) is 27.8. The minimum Gasteiger partial charge on any atom is -0.487 e. The minimum atomic E-state index is -1.36. The van der Waals surface area contributed by atoms with Crippen LogP contribution in [0, 0.1) is 30.6 Å². The van der Waals surface area contributed by atoms with Crippen LogP contribution >= 0.6 is 0 Å². The Bertz CT molecular complexity index is 1820. The fraction of sp³-hybridized carbons (Fsp3) is 0.660. The number of aryl methyl sites for hydroxylation is 1. The fourth-order valence-electron chi connectivity index (χ4n) is 10.3. The average molecular weight is 860 g/mol. The second-order valence-electron chi connectivity index (χ2n) is 18.6. The van der Waals surface area contributed by atoms with Gasteiger partial charge in [0, 0.05) is 49.8 Å². The van der Waals surface area contributed by atoms with Crippen LogP contribution in [0.3, 0.4) is 0 Å². The lowest BCUT2D eigenvalue weighted by Crippen LogP contribution is -2.70. The van der Waals surface area contributed by atoms with Crippen molar-refractivity contribution in [2.24, 2.45) is 28.8 Å². The maximum absolute atomic E-state index is 14.9. The van der Waals surface area contributed by atoms with Gasteiger partial charge in [-0.1, -0.05) is 61.9 Å². The normalized spacial score (nSPS) is 25.1. The molecule has 342 valence electrons. The van der Waals surface area contributed by atoms with Gasteiger partial charge in [0.25, 0.3) is 0 Å². The summed E-state index contributed by atoms with van der Waals surface area (Å²) < 4.78 is 26.9. The van der Waals surface area contributed by atoms with Crippen LogP contribution in [-0.2, 0) is 25.7 Å². The maximum Gasteiger partial charge on any atom is 0.239 e. The topological polar surface area (TPSA) is 152 Å². The SMILES string of the molecule is C=CCOC12Oc3ccc(OCc4cccc(C)n4)cc3C3C(CCCCO)C(CCCCO)C=C(C(=NOC(C)(C)C)CC1N(CCOCCO)C(=O)CCC1CCCC1)C32. The second-order valence-corrected chi connectivity index (χ2v) is 18.6. The summed E-state index contributed by atoms with van der Waals surface area (Å²) in [5.74, 6) is 0.120. The molecule has 6 unspecified atom stereocenters. The van der Waals surface area contributed by atoms with E-state index in [0.29, 0.717) is 49.7 Å². The number of benzene rings is 1. The van der Waals surface area contributed by atoms with Crippen molar-refractivity contribution in [3.8, 4) is 11.5 Å². The molecule has 62 heavy (non-hydrogen) atoms. The Kier molecular flexibility index (Phi) is 17.5. The number of aliphatic hydroxyl groups is 3. The lowest BCUT2D eigenvalue weighted by Gasteiger charge is -2.60. The monoisotopic (exact) mass is 860 g/mol. The zero-order chi connectivity index (χ0) is 44.1. The van der Waals surface area contributed by atoms with Crippen molar-refractivity contribution in [2.75, 3.05) is 46.2 Å². The maximum atomic E-state index is 14.9. The number of carbonyl (C=O) groups excluding carboxylic acids is 1. The summed E-state index contributed by atoms with van der Waals surface area (Å²) in [7, 11) is 0. The lowest BCUT2D eigenvalue weighted by atomic mass is 9.55. The number of allylic oxidation sites excluding steroid dienone is 1. The predicted molar refractivity (Wildman–Crippen MR) is 240 cm³/mol. The van der Waals surface area contributed by atoms with Gasteiger partial charge >= 0.3 is 0 Å². The summed E-state index contributed by atoms with van der Waals surface area (Å²) in [5, 5.41) is 34.5. The van der Waals surface area contributed by atoms with Crippen molar-refractivity contribution in [2.45, 2.75) is 141 Å². The number of nitrogens with zero attached hydrogens (tertiary/aromatic N) is 3. The summed E-state index contributed by atoms with van der Waals surface area (Å²) in [6.45, 7) is 13.2. The van der Waals surface area contributed by atoms with Gasteiger partial charge in [-0.15, -0.1) is 6.58 Å². The first-order valence-electron chi connectivity index (χ1n) is 23.3. The molecule has 4 aliphatic rings. The van der Waals surface area contributed by atoms with Crippen LogP contribution in [0.5, 0.6) is 11.5 Å². The number of unbranched alkanes of at least 4 members (excludes halogenated alkanes) is 2. The smallest absolute Gasteiger partial charge is 0.239 e. The molecule has 3 aliphatic carbocycles. The first-order chi connectivity index (χ1) is 30.0. The number of amides is 1. The van der Waals surface area contributed by atoms with Gasteiger partial charge in [-0.25, -0.2) is 0 Å². The van der Waals surface area contributed by atoms with Crippen molar-refractivity contribution >= 4 is 11.6 Å². The number of aliphatic hydroxyl groups excluding tert-OH is 3. The van der Waals surface area contributed by atoms with E-state index in [1.165, 1.54) is 12.8 Å². The summed E-state index contributed by atoms with van der Waals surface area (Å²) in [6, 6.07) is 11.3. The van der Waals surface area contributed by atoms with Crippen LogP contribution in [-0.4, -0.2) is 100 Å². The van der Waals surface area contributed by atoms with E-state index in [1.807, 2.05) is 62.9 Å². The van der Waals surface area contributed by atoms with Gasteiger partial charge in [0.05, 0.1) is 43.8 Å². The number of hydrogen-bond acceptors (Lipinski definition) is 11. The van der Waals surface area contributed by atoms with Crippen LogP contribution in [0.4, 0.5) is 0 Å². The molecular weight excluding hydrogens is 787 g/mol. The molecule has 6 atom stereocenters. The third-order valence-corrected chi connectivity index (χ3v) is 13.1. The zero-order valence-electron chi connectivity index (χ0n) is 37.8. The van der Waals surface area contributed by atoms with Crippen LogP contribution in [0.2, 0.25) is 0 Å². The van der Waals surface area contributed by atoms with Gasteiger partial charge < -0.3 is 44.0 Å². The van der Waals surface area contributed by atoms with E-state index in [0.717, 1.165) is 73.2 Å². The van der Waals surface area contributed by atoms with E-state index in [9.17, 15) is 20.1 Å². The van der Waals surface area contributed by atoms with Gasteiger partial charge in [-0.2, -0.15) is 0 Å². The number of oxime groups is 1. The Morgan fingerprint density at radius 2 is 1.79 bits per heavy atom. The highest BCUT2D eigenvalue weighted by Gasteiger charge is 2.65. The molecule has 2 aromatic rings. The number of rotatable bonds is 24. The second kappa shape index (κ2) is 22.7. The molecule has 2 fully saturated rings. The van der Waals surface area contributed by atoms with E-state index in [4.69, 9.17) is 28.9 Å². The molecule has 1 aliphatic heterocycles. The van der Waals surface area contributed by atoms with E-state index in [-0.39, 0.29) is 69.8 Å². The fourth-order valence-corrected chi connectivity index (χ4v) is 10.3. The third kappa shape index (κ3) is 11.8. The Hall–Kier alpha value is -3.81. The first kappa shape index (κ1) is 47.7. The summed E-state index contributed by atoms with van der Waals surface area (Å²) in [5.41, 5.74) is 3.92. The van der Waals surface area contributed by atoms with Gasteiger partial charge in [-0.05, 0) is 113 Å². The summed E-state index contributed by atoms with van der Waals surface area (Å²) in [6.07, 6.45) is 15.0. The standard InChI is InChI=1S/C50H73N3O9/c1-6-28-60-50-45(53(24-29-58-30-27-56)46(57)23-20-36-15-7-8-16-36)33-43(52-62-49(3,4)5)41-31-37(17-9-11-25-54)40(19-10-12-26-55)47(48(41)50)42-32-39(21-22-44(42)61-50)59-34-38-18-13-14-35(2)51-38/h6,13-14,18,21-22,31-32,36-37,40,45,47-48,54-56H,1,7-12,15-17,19-20,23-30,33-34H2,2-5H3. The molecule has 1 aromatic heterocycles. The van der Waals surface area contributed by atoms with Gasteiger partial charge in [-0.3, -0.25) is 9.78 Å². The Morgan fingerprint density at radius 1 is 1.02 bits per heavy atom. The van der Waals surface area contributed by atoms with Crippen LogP contribution in [0.15, 0.2) is 65.9 Å². The van der Waals surface area contributed by atoms with Crippen molar-refractivity contribution in [3.05, 3.63) is 77.7 Å². The predicted octanol–water partition coefficient (Wildman–Crippen LogP) is 8.21. The van der Waals surface area contributed by atoms with Gasteiger partial charge in [0.1, 0.15) is 29.7 Å². The molecule has 0 radical (unpaired) electrons. The van der Waals surface area contributed by atoms with Crippen LogP contribution < -0.4 is 9.47 Å². The highest BCUT2D eigenvalue weighted by molar-refractivity contribution is 6.03. The Morgan fingerprint density at radius 3 is 2.50 bits per heavy atom. The number of hydrogen-bond donors (Lipinski definition) is 3. The highest BCUT2D eigenvalue weighted by Crippen LogP contribution is 2.62. The molecular formula is C50H73N3O9. The lowest BCUT2D eigenvalue weighted by molar-refractivity contribution is -0.258. The van der Waals surface area contributed by atoms with Gasteiger partial charge in [0.15, 0.2) is 0 Å². The molecule has 1 aromatic carbocycles. The van der Waals surface area contributed by atoms with Gasteiger partial charge in [0.2, 0.25) is 11.7 Å². The average Bonchev–Trinajstić information content (AvgIpc) is 3.78. The number of carbonyl (C=O) groups is 1. The number of ether oxygens (including phenoxy) is 4. The molecule has 12 nitrogen and oxygen atoms in total. The molecule has 12 heteroatoms. The molecule has 0 bridgehead atoms. The molecule has 1 amide bonds. The van der Waals surface area contributed by atoms with Crippen molar-refractivity contribution in [1.82, 2.24) is 9.88 Å². The first-order valence-corrected chi connectivity index (χ1v) is 23.3. The molecule has 0 spiro atoms. The minimum absolute atomic E-state index is 0.0104. The van der Waals surface area contributed by atoms with E-state index in [2.05, 4.69) is 23.7 Å². The number of pyridine rings is 1. The molecule has 3 N–H and O–H groups in total. The Balaban J connectivity index is 1.54. The molecule has 2 heterocycles. The number of fused-ring (bicyclic) bond motifs is 2. The van der Waals surface area contributed by atoms with E-state index >= 15 is 0 Å². The van der Waals surface area contributed by atoms with Crippen LogP contribution in [0.25, 0.3) is 0 Å². The largest absolute Gasteiger partial charge is 0.487 e. The Labute approximate surface area is 369 Å². The van der Waals surface area contributed by atoms with Crippen molar-refractivity contribution in [1.29, 1.82) is 0 Å². The van der Waals surface area contributed by atoms with Crippen molar-refractivity contribution in [3.63, 3.8) is 0 Å². The third-order valence-electron chi connectivity index (χ3n) is 13.1.